The molecule has 9 nitrogen and oxygen atoms in total. The first-order valence-electron chi connectivity index (χ1n) is 6.46. The summed E-state index contributed by atoms with van der Waals surface area (Å²) in [4.78, 5) is 29.3. The number of carbonyl (C=O) groups is 3. The molecule has 138 valence electrons. The molecule has 0 heterocycles. The molecule has 0 bridgehead atoms. The zero-order chi connectivity index (χ0) is 19.9. The maximum absolute atomic E-state index is 9.87. The predicted molar refractivity (Wildman–Crippen MR) is 85.4 cm³/mol. The predicted octanol–water partition coefficient (Wildman–Crippen LogP) is 0.0288. The highest BCUT2D eigenvalue weighted by Crippen LogP contribution is 1.99. The van der Waals surface area contributed by atoms with Gasteiger partial charge in [0.15, 0.2) is 0 Å². The smallest absolute Gasteiger partial charge is 0.331 e. The van der Waals surface area contributed by atoms with Crippen LogP contribution in [0.3, 0.4) is 0 Å². The fourth-order valence-electron chi connectivity index (χ4n) is 0.690. The van der Waals surface area contributed by atoms with Gasteiger partial charge < -0.3 is 30.6 Å². The summed E-state index contributed by atoms with van der Waals surface area (Å²) in [6.45, 7) is 8.83. The number of aliphatic hydroxyl groups is 3. The molecule has 0 aromatic heterocycles. The van der Waals surface area contributed by atoms with E-state index in [4.69, 9.17) is 30.6 Å². The fourth-order valence-corrected chi connectivity index (χ4v) is 0.690. The van der Waals surface area contributed by atoms with Gasteiger partial charge in [0.2, 0.25) is 0 Å². The first-order valence-corrected chi connectivity index (χ1v) is 6.46. The fraction of sp³-hybridized carbons (Fsp3) is 0.400. The molecule has 0 radical (unpaired) electrons. The third-order valence-corrected chi connectivity index (χ3v) is 2.25. The van der Waals surface area contributed by atoms with Gasteiger partial charge in [-0.25, -0.2) is 9.59 Å². The minimum Gasteiger partial charge on any atom is -0.481 e. The van der Waals surface area contributed by atoms with Crippen molar-refractivity contribution >= 4 is 17.9 Å². The van der Waals surface area contributed by atoms with Gasteiger partial charge in [-0.1, -0.05) is 13.2 Å². The third kappa shape index (κ3) is 17.6. The largest absolute Gasteiger partial charge is 0.481 e. The summed E-state index contributed by atoms with van der Waals surface area (Å²) in [6, 6.07) is 0. The highest BCUT2D eigenvalue weighted by atomic mass is 16.4. The summed E-state index contributed by atoms with van der Waals surface area (Å²) < 4.78 is 0. The normalized spacial score (nSPS) is 8.54. The van der Waals surface area contributed by atoms with Crippen molar-refractivity contribution in [3.63, 3.8) is 0 Å². The minimum atomic E-state index is -1.27. The number of hydrogen-bond donors (Lipinski definition) is 6. The molecule has 0 saturated heterocycles. The van der Waals surface area contributed by atoms with Crippen LogP contribution in [0, 0.1) is 0 Å². The lowest BCUT2D eigenvalue weighted by molar-refractivity contribution is -0.139. The second kappa shape index (κ2) is 15.4. The van der Waals surface area contributed by atoms with Crippen LogP contribution in [0.1, 0.15) is 20.3 Å². The Bertz CT molecular complexity index is 471. The van der Waals surface area contributed by atoms with Gasteiger partial charge in [-0.2, -0.15) is 0 Å². The first kappa shape index (κ1) is 26.4. The van der Waals surface area contributed by atoms with Crippen molar-refractivity contribution in [2.75, 3.05) is 19.8 Å². The van der Waals surface area contributed by atoms with Crippen molar-refractivity contribution in [2.24, 2.45) is 0 Å². The van der Waals surface area contributed by atoms with Crippen LogP contribution in [-0.4, -0.2) is 68.4 Å². The van der Waals surface area contributed by atoms with Crippen LogP contribution in [0.5, 0.6) is 0 Å². The van der Waals surface area contributed by atoms with E-state index in [0.717, 1.165) is 0 Å². The maximum Gasteiger partial charge on any atom is 0.331 e. The highest BCUT2D eigenvalue weighted by Gasteiger charge is 2.07. The lowest BCUT2D eigenvalue weighted by Crippen LogP contribution is -2.04. The SMILES string of the molecule is C=C(C)C(=O)O.C=C(CC(=O)O)C(=O)O.CC(CO)=C(CO)CO. The average Bonchev–Trinajstić information content (AvgIpc) is 2.48. The highest BCUT2D eigenvalue weighted by molar-refractivity contribution is 5.91. The van der Waals surface area contributed by atoms with Crippen molar-refractivity contribution in [2.45, 2.75) is 20.3 Å². The van der Waals surface area contributed by atoms with E-state index in [-0.39, 0.29) is 31.0 Å². The molecule has 0 rings (SSSR count). The topological polar surface area (TPSA) is 173 Å². The number of hydrogen-bond acceptors (Lipinski definition) is 6. The van der Waals surface area contributed by atoms with Gasteiger partial charge in [0.05, 0.1) is 26.2 Å². The Kier molecular flexibility index (Phi) is 17.0. The van der Waals surface area contributed by atoms with Crippen molar-refractivity contribution in [1.29, 1.82) is 0 Å². The van der Waals surface area contributed by atoms with Crippen LogP contribution >= 0.6 is 0 Å². The summed E-state index contributed by atoms with van der Waals surface area (Å²) in [6.07, 6.45) is -0.505. The Morgan fingerprint density at radius 2 is 1.17 bits per heavy atom. The van der Waals surface area contributed by atoms with Gasteiger partial charge >= 0.3 is 17.9 Å². The Morgan fingerprint density at radius 1 is 0.792 bits per heavy atom. The minimum absolute atomic E-state index is 0.101. The lowest BCUT2D eigenvalue weighted by Gasteiger charge is -2.02. The molecule has 9 heteroatoms. The molecule has 0 aliphatic carbocycles. The van der Waals surface area contributed by atoms with Gasteiger partial charge in [-0.15, -0.1) is 0 Å². The number of carboxylic acids is 3. The molecule has 0 amide bonds. The van der Waals surface area contributed by atoms with E-state index in [9.17, 15) is 14.4 Å². The van der Waals surface area contributed by atoms with E-state index in [1.807, 2.05) is 0 Å². The van der Waals surface area contributed by atoms with Crippen molar-refractivity contribution in [3.05, 3.63) is 35.5 Å². The molecule has 0 aromatic carbocycles. The molecule has 0 aliphatic rings. The average molecular weight is 348 g/mol. The van der Waals surface area contributed by atoms with Gasteiger partial charge in [-0.3, -0.25) is 4.79 Å². The molecule has 0 aliphatic heterocycles. The van der Waals surface area contributed by atoms with Crippen LogP contribution < -0.4 is 0 Å². The van der Waals surface area contributed by atoms with Crippen molar-refractivity contribution in [1.82, 2.24) is 0 Å². The van der Waals surface area contributed by atoms with Crippen molar-refractivity contribution in [3.8, 4) is 0 Å². The second-order valence-corrected chi connectivity index (χ2v) is 4.42. The van der Waals surface area contributed by atoms with E-state index in [2.05, 4.69) is 13.2 Å². The zero-order valence-corrected chi connectivity index (χ0v) is 13.7. The molecule has 6 N–H and O–H groups in total. The van der Waals surface area contributed by atoms with E-state index in [0.29, 0.717) is 11.1 Å². The zero-order valence-electron chi connectivity index (χ0n) is 13.7. The Hall–Kier alpha value is -2.49. The monoisotopic (exact) mass is 348 g/mol. The molecular formula is C15H24O9. The van der Waals surface area contributed by atoms with Crippen LogP contribution in [0.2, 0.25) is 0 Å². The number of carboxylic acid groups (broad SMARTS) is 3. The summed E-state index contributed by atoms with van der Waals surface area (Å²) in [5.74, 6) is -3.38. The standard InChI is InChI=1S/C6H12O3.C5H6O4.C4H6O2/c1-5(2-7)6(3-8)4-9;1-3(5(8)9)2-4(6)7;1-3(2)4(5)6/h7-9H,2-4H2,1H3;1-2H2,(H,6,7)(H,8,9);1H2,2H3,(H,5,6). The summed E-state index contributed by atoms with van der Waals surface area (Å²) >= 11 is 0. The quantitative estimate of drug-likeness (QED) is 0.274. The van der Waals surface area contributed by atoms with Crippen LogP contribution in [-0.2, 0) is 14.4 Å². The van der Waals surface area contributed by atoms with Crippen LogP contribution in [0.15, 0.2) is 35.5 Å². The molecule has 0 fully saturated rings. The first-order chi connectivity index (χ1) is 10.9. The molecule has 0 atom stereocenters. The van der Waals surface area contributed by atoms with Crippen molar-refractivity contribution < 1.29 is 45.0 Å². The van der Waals surface area contributed by atoms with E-state index < -0.39 is 24.3 Å². The second-order valence-electron chi connectivity index (χ2n) is 4.42. The van der Waals surface area contributed by atoms with Gasteiger partial charge in [0.25, 0.3) is 0 Å². The number of rotatable bonds is 7. The summed E-state index contributed by atoms with van der Waals surface area (Å²) in [7, 11) is 0. The molecule has 0 unspecified atom stereocenters. The van der Waals surface area contributed by atoms with E-state index in [1.165, 1.54) is 6.92 Å². The van der Waals surface area contributed by atoms with Crippen LogP contribution in [0.25, 0.3) is 0 Å². The van der Waals surface area contributed by atoms with Gasteiger partial charge in [0, 0.05) is 11.1 Å². The van der Waals surface area contributed by atoms with E-state index in [1.54, 1.807) is 6.92 Å². The summed E-state index contributed by atoms with van der Waals surface area (Å²) in [5, 5.41) is 49.5. The number of aliphatic carboxylic acids is 3. The Labute approximate surface area is 139 Å². The molecule has 0 spiro atoms. The Balaban J connectivity index is -0.000000282. The Morgan fingerprint density at radius 3 is 1.25 bits per heavy atom. The van der Waals surface area contributed by atoms with Gasteiger partial charge in [0.1, 0.15) is 0 Å². The van der Waals surface area contributed by atoms with E-state index >= 15 is 0 Å². The third-order valence-electron chi connectivity index (χ3n) is 2.25. The number of aliphatic hydroxyl groups excluding tert-OH is 3. The molecule has 24 heavy (non-hydrogen) atoms. The van der Waals surface area contributed by atoms with Crippen LogP contribution in [0.4, 0.5) is 0 Å². The molecule has 0 saturated carbocycles. The van der Waals surface area contributed by atoms with Gasteiger partial charge in [-0.05, 0) is 25.0 Å². The maximum atomic E-state index is 9.87. The lowest BCUT2D eigenvalue weighted by atomic mass is 10.1. The molecule has 0 aromatic rings. The molecular weight excluding hydrogens is 324 g/mol. The summed E-state index contributed by atoms with van der Waals surface area (Å²) in [5.41, 5.74) is 1.01.